The van der Waals surface area contributed by atoms with E-state index in [1.807, 2.05) is 18.7 Å². The van der Waals surface area contributed by atoms with Crippen molar-refractivity contribution in [3.63, 3.8) is 0 Å². The first kappa shape index (κ1) is 16.3. The molecule has 0 bridgehead atoms. The molecule has 1 fully saturated rings. The van der Waals surface area contributed by atoms with Gasteiger partial charge in [0, 0.05) is 32.2 Å². The molecule has 0 aromatic heterocycles. The molecule has 1 aromatic carbocycles. The normalized spacial score (nSPS) is 16.7. The van der Waals surface area contributed by atoms with Crippen LogP contribution in [0.25, 0.3) is 0 Å². The predicted molar refractivity (Wildman–Crippen MR) is 85.5 cm³/mol. The zero-order valence-corrected chi connectivity index (χ0v) is 13.3. The summed E-state index contributed by atoms with van der Waals surface area (Å²) in [6, 6.07) is 0.142. The highest BCUT2D eigenvalue weighted by Crippen LogP contribution is 2.22. The van der Waals surface area contributed by atoms with Crippen molar-refractivity contribution in [3.8, 4) is 0 Å². The van der Waals surface area contributed by atoms with Crippen LogP contribution in [0.4, 0.5) is 16.2 Å². The highest BCUT2D eigenvalue weighted by Gasteiger charge is 2.30. The number of nitrogens with zero attached hydrogens (tertiary/aromatic N) is 2. The van der Waals surface area contributed by atoms with Gasteiger partial charge in [0.15, 0.2) is 0 Å². The minimum Gasteiger partial charge on any atom is -0.450 e. The van der Waals surface area contributed by atoms with E-state index < -0.39 is 10.9 Å². The van der Waals surface area contributed by atoms with Gasteiger partial charge >= 0.3 is 6.09 Å². The molecule has 0 aliphatic carbocycles. The van der Waals surface area contributed by atoms with Crippen LogP contribution in [0.5, 0.6) is 0 Å². The molecule has 1 aliphatic heterocycles. The zero-order chi connectivity index (χ0) is 16.3. The Morgan fingerprint density at radius 2 is 1.82 bits per heavy atom. The van der Waals surface area contributed by atoms with E-state index in [0.29, 0.717) is 44.2 Å². The fourth-order valence-corrected chi connectivity index (χ4v) is 2.49. The van der Waals surface area contributed by atoms with Crippen LogP contribution in [-0.4, -0.2) is 49.8 Å². The highest BCUT2D eigenvalue weighted by molar-refractivity contribution is 5.76. The summed E-state index contributed by atoms with van der Waals surface area (Å²) in [6.07, 6.45) is 0.541. The maximum absolute atomic E-state index is 11.9. The Morgan fingerprint density at radius 3 is 2.36 bits per heavy atom. The Bertz CT molecular complexity index is 598. The third-order valence-electron chi connectivity index (χ3n) is 4.01. The molecule has 1 amide bonds. The second-order valence-electron chi connectivity index (χ2n) is 5.51. The van der Waals surface area contributed by atoms with Crippen molar-refractivity contribution >= 4 is 17.5 Å². The molecule has 1 aromatic rings. The molecule has 1 atom stereocenters. The Labute approximate surface area is 129 Å². The van der Waals surface area contributed by atoms with E-state index in [-0.39, 0.29) is 12.1 Å². The fraction of sp³-hybridized carbons (Fsp3) is 0.667. The SMILES string of the molecule is CCOC(=O)N1CCN(c2c(NC(C)CC)c(=O)c2=O)CC1. The van der Waals surface area contributed by atoms with Crippen LogP contribution in [0.3, 0.4) is 0 Å². The summed E-state index contributed by atoms with van der Waals surface area (Å²) >= 11 is 0. The van der Waals surface area contributed by atoms with E-state index in [2.05, 4.69) is 5.32 Å². The summed E-state index contributed by atoms with van der Waals surface area (Å²) in [6.45, 7) is 8.13. The molecule has 0 radical (unpaired) electrons. The second-order valence-corrected chi connectivity index (χ2v) is 5.51. The van der Waals surface area contributed by atoms with Crippen molar-refractivity contribution in [2.45, 2.75) is 33.2 Å². The lowest BCUT2D eigenvalue weighted by atomic mass is 10.1. The average molecular weight is 309 g/mol. The molecule has 1 saturated heterocycles. The number of anilines is 2. The summed E-state index contributed by atoms with van der Waals surface area (Å²) in [5, 5.41) is 3.11. The number of amides is 1. The lowest BCUT2D eigenvalue weighted by molar-refractivity contribution is 0.105. The first-order valence-electron chi connectivity index (χ1n) is 7.76. The third kappa shape index (κ3) is 3.08. The highest BCUT2D eigenvalue weighted by atomic mass is 16.6. The van der Waals surface area contributed by atoms with Crippen LogP contribution >= 0.6 is 0 Å². The van der Waals surface area contributed by atoms with Crippen LogP contribution in [0, 0.1) is 0 Å². The van der Waals surface area contributed by atoms with E-state index in [1.54, 1.807) is 11.8 Å². The number of carbonyl (C=O) groups is 1. The maximum atomic E-state index is 11.9. The van der Waals surface area contributed by atoms with E-state index in [9.17, 15) is 14.4 Å². The number of hydrogen-bond donors (Lipinski definition) is 1. The Kier molecular flexibility index (Phi) is 5.05. The molecule has 7 nitrogen and oxygen atoms in total. The van der Waals surface area contributed by atoms with Gasteiger partial charge in [-0.25, -0.2) is 4.79 Å². The van der Waals surface area contributed by atoms with Crippen LogP contribution in [-0.2, 0) is 4.74 Å². The minimum atomic E-state index is -0.442. The van der Waals surface area contributed by atoms with E-state index in [4.69, 9.17) is 4.74 Å². The molecule has 1 unspecified atom stereocenters. The molecule has 122 valence electrons. The van der Waals surface area contributed by atoms with Gasteiger partial charge in [-0.3, -0.25) is 9.59 Å². The first-order chi connectivity index (χ1) is 10.5. The quantitative estimate of drug-likeness (QED) is 0.810. The fourth-order valence-electron chi connectivity index (χ4n) is 2.49. The van der Waals surface area contributed by atoms with Crippen molar-refractivity contribution in [1.82, 2.24) is 4.90 Å². The van der Waals surface area contributed by atoms with Crippen LogP contribution in [0.1, 0.15) is 27.2 Å². The van der Waals surface area contributed by atoms with E-state index in [1.165, 1.54) is 0 Å². The van der Waals surface area contributed by atoms with Gasteiger partial charge in [-0.1, -0.05) is 6.92 Å². The Hall–Kier alpha value is -2.05. The van der Waals surface area contributed by atoms with Gasteiger partial charge in [0.25, 0.3) is 10.9 Å². The van der Waals surface area contributed by atoms with Crippen LogP contribution in [0.15, 0.2) is 9.59 Å². The molecule has 1 aliphatic rings. The minimum absolute atomic E-state index is 0.142. The van der Waals surface area contributed by atoms with Gasteiger partial charge in [-0.2, -0.15) is 0 Å². The predicted octanol–water partition coefficient (Wildman–Crippen LogP) is 0.772. The van der Waals surface area contributed by atoms with E-state index in [0.717, 1.165) is 6.42 Å². The molecular formula is C15H23N3O4. The Balaban J connectivity index is 2.03. The number of ether oxygens (including phenoxy) is 1. The van der Waals surface area contributed by atoms with Crippen molar-refractivity contribution < 1.29 is 9.53 Å². The summed E-state index contributed by atoms with van der Waals surface area (Å²) in [4.78, 5) is 38.8. The standard InChI is InChI=1S/C15H23N3O4/c1-4-10(3)16-11-12(14(20)13(11)19)17-6-8-18(9-7-17)15(21)22-5-2/h10,16H,4-9H2,1-3H3. The molecule has 1 heterocycles. The van der Waals surface area contributed by atoms with Crippen LogP contribution < -0.4 is 21.1 Å². The third-order valence-corrected chi connectivity index (χ3v) is 4.01. The van der Waals surface area contributed by atoms with Crippen molar-refractivity contribution in [2.75, 3.05) is 43.0 Å². The molecule has 2 rings (SSSR count). The zero-order valence-electron chi connectivity index (χ0n) is 13.3. The first-order valence-corrected chi connectivity index (χ1v) is 7.76. The average Bonchev–Trinajstić information content (AvgIpc) is 2.54. The molecule has 0 spiro atoms. The van der Waals surface area contributed by atoms with Gasteiger partial charge in [0.05, 0.1) is 6.61 Å². The van der Waals surface area contributed by atoms with Gasteiger partial charge in [0.2, 0.25) is 0 Å². The lowest BCUT2D eigenvalue weighted by Crippen LogP contribution is -2.53. The van der Waals surface area contributed by atoms with Gasteiger partial charge < -0.3 is 19.9 Å². The number of piperazine rings is 1. The van der Waals surface area contributed by atoms with Gasteiger partial charge in [0.1, 0.15) is 11.4 Å². The second kappa shape index (κ2) is 6.81. The topological polar surface area (TPSA) is 79.0 Å². The maximum Gasteiger partial charge on any atom is 0.409 e. The molecule has 22 heavy (non-hydrogen) atoms. The molecule has 1 N–H and O–H groups in total. The molecular weight excluding hydrogens is 286 g/mol. The van der Waals surface area contributed by atoms with E-state index >= 15 is 0 Å². The van der Waals surface area contributed by atoms with Crippen molar-refractivity contribution in [1.29, 1.82) is 0 Å². The van der Waals surface area contributed by atoms with Crippen LogP contribution in [0.2, 0.25) is 0 Å². The summed E-state index contributed by atoms with van der Waals surface area (Å²) in [7, 11) is 0. The summed E-state index contributed by atoms with van der Waals surface area (Å²) in [5.74, 6) is 0. The monoisotopic (exact) mass is 309 g/mol. The number of hydrogen-bond acceptors (Lipinski definition) is 6. The summed E-state index contributed by atoms with van der Waals surface area (Å²) in [5.41, 5.74) is 0.0104. The van der Waals surface area contributed by atoms with Crippen molar-refractivity contribution in [2.24, 2.45) is 0 Å². The smallest absolute Gasteiger partial charge is 0.409 e. The molecule has 7 heteroatoms. The van der Waals surface area contributed by atoms with Gasteiger partial charge in [-0.05, 0) is 20.3 Å². The summed E-state index contributed by atoms with van der Waals surface area (Å²) < 4.78 is 4.97. The number of rotatable bonds is 5. The molecule has 0 saturated carbocycles. The van der Waals surface area contributed by atoms with Crippen molar-refractivity contribution in [3.05, 3.63) is 20.4 Å². The number of nitrogens with one attached hydrogen (secondary N) is 1. The largest absolute Gasteiger partial charge is 0.450 e. The van der Waals surface area contributed by atoms with Gasteiger partial charge in [-0.15, -0.1) is 0 Å². The Morgan fingerprint density at radius 1 is 1.18 bits per heavy atom. The number of carbonyl (C=O) groups excluding carboxylic acids is 1. The lowest BCUT2D eigenvalue weighted by Gasteiger charge is -2.36.